The van der Waals surface area contributed by atoms with Crippen molar-refractivity contribution in [1.29, 1.82) is 0 Å². The number of hydrogen-bond acceptors (Lipinski definition) is 4. The summed E-state index contributed by atoms with van der Waals surface area (Å²) in [6, 6.07) is 6.33. The molecule has 0 fully saturated rings. The first kappa shape index (κ1) is 17.3. The van der Waals surface area contributed by atoms with Crippen LogP contribution in [0, 0.1) is 5.82 Å². The van der Waals surface area contributed by atoms with E-state index in [0.29, 0.717) is 18.1 Å². The molecule has 0 unspecified atom stereocenters. The predicted octanol–water partition coefficient (Wildman–Crippen LogP) is 2.18. The fourth-order valence-electron chi connectivity index (χ4n) is 2.70. The van der Waals surface area contributed by atoms with E-state index in [2.05, 4.69) is 26.8 Å². The summed E-state index contributed by atoms with van der Waals surface area (Å²) in [4.78, 5) is 16.7. The van der Waals surface area contributed by atoms with E-state index in [1.165, 1.54) is 16.3 Å². The van der Waals surface area contributed by atoms with Gasteiger partial charge in [-0.05, 0) is 25.1 Å². The van der Waals surface area contributed by atoms with Crippen LogP contribution >= 0.6 is 0 Å². The molecule has 0 atom stereocenters. The molecule has 7 heteroatoms. The molecule has 0 bridgehead atoms. The van der Waals surface area contributed by atoms with E-state index in [9.17, 15) is 9.18 Å². The number of rotatable bonds is 5. The Morgan fingerprint density at radius 3 is 2.88 bits per heavy atom. The molecule has 3 rings (SSSR count). The Kier molecular flexibility index (Phi) is 5.23. The second-order valence-corrected chi connectivity index (χ2v) is 6.31. The van der Waals surface area contributed by atoms with Gasteiger partial charge in [-0.1, -0.05) is 37.6 Å². The van der Waals surface area contributed by atoms with Gasteiger partial charge in [-0.2, -0.15) is 0 Å². The van der Waals surface area contributed by atoms with Crippen molar-refractivity contribution in [2.45, 2.75) is 26.2 Å². The molecule has 2 heterocycles. The standard InChI is InChI=1S/C18H22FN5O/c1-12(2)17-22-16(18(25)21-11-13-7-9-20-10-8-13)23-24(17)15-6-4-3-5-14(15)19/h3-7,12,20H,8-11H2,1-2H3,(H,21,25). The molecule has 0 spiro atoms. The zero-order chi connectivity index (χ0) is 17.8. The van der Waals surface area contributed by atoms with Gasteiger partial charge in [0.15, 0.2) is 0 Å². The Morgan fingerprint density at radius 2 is 2.20 bits per heavy atom. The fourth-order valence-corrected chi connectivity index (χ4v) is 2.70. The van der Waals surface area contributed by atoms with Gasteiger partial charge in [-0.15, -0.1) is 5.10 Å². The minimum Gasteiger partial charge on any atom is -0.346 e. The van der Waals surface area contributed by atoms with Gasteiger partial charge in [0.25, 0.3) is 5.91 Å². The Morgan fingerprint density at radius 1 is 1.40 bits per heavy atom. The van der Waals surface area contributed by atoms with E-state index in [-0.39, 0.29) is 17.6 Å². The molecule has 2 aromatic rings. The molecule has 1 amide bonds. The second kappa shape index (κ2) is 7.57. The summed E-state index contributed by atoms with van der Waals surface area (Å²) in [5.74, 6) is -0.142. The fraction of sp³-hybridized carbons (Fsp3) is 0.389. The highest BCUT2D eigenvalue weighted by Gasteiger charge is 2.21. The summed E-state index contributed by atoms with van der Waals surface area (Å²) in [5.41, 5.74) is 1.48. The summed E-state index contributed by atoms with van der Waals surface area (Å²) >= 11 is 0. The molecule has 1 aromatic carbocycles. The van der Waals surface area contributed by atoms with Crippen LogP contribution < -0.4 is 10.6 Å². The molecule has 1 aromatic heterocycles. The Hall–Kier alpha value is -2.54. The molecule has 0 saturated carbocycles. The summed E-state index contributed by atoms with van der Waals surface area (Å²) in [6.07, 6.45) is 2.99. The van der Waals surface area contributed by atoms with E-state index in [0.717, 1.165) is 19.5 Å². The maximum Gasteiger partial charge on any atom is 0.291 e. The molecule has 2 N–H and O–H groups in total. The molecule has 1 aliphatic rings. The number of hydrogen-bond donors (Lipinski definition) is 2. The first-order valence-corrected chi connectivity index (χ1v) is 8.45. The van der Waals surface area contributed by atoms with Gasteiger partial charge in [-0.3, -0.25) is 4.79 Å². The van der Waals surface area contributed by atoms with Crippen molar-refractivity contribution < 1.29 is 9.18 Å². The number of nitrogens with one attached hydrogen (secondary N) is 2. The monoisotopic (exact) mass is 343 g/mol. The molecule has 0 saturated heterocycles. The van der Waals surface area contributed by atoms with Crippen molar-refractivity contribution in [3.63, 3.8) is 0 Å². The number of amides is 1. The zero-order valence-corrected chi connectivity index (χ0v) is 14.4. The quantitative estimate of drug-likeness (QED) is 0.816. The molecule has 132 valence electrons. The molecule has 1 aliphatic heterocycles. The second-order valence-electron chi connectivity index (χ2n) is 6.31. The smallest absolute Gasteiger partial charge is 0.291 e. The largest absolute Gasteiger partial charge is 0.346 e. The van der Waals surface area contributed by atoms with E-state index in [1.54, 1.807) is 18.2 Å². The first-order chi connectivity index (χ1) is 12.1. The number of aromatic nitrogens is 3. The SMILES string of the molecule is CC(C)c1nc(C(=O)NCC2=CCNCC2)nn1-c1ccccc1F. The predicted molar refractivity (Wildman–Crippen MR) is 93.3 cm³/mol. The molecular weight excluding hydrogens is 321 g/mol. The maximum absolute atomic E-state index is 14.1. The highest BCUT2D eigenvalue weighted by molar-refractivity contribution is 5.90. The van der Waals surface area contributed by atoms with Gasteiger partial charge < -0.3 is 10.6 Å². The number of benzene rings is 1. The molecule has 0 aliphatic carbocycles. The van der Waals surface area contributed by atoms with Crippen LogP contribution in [0.25, 0.3) is 5.69 Å². The number of carbonyl (C=O) groups excluding carboxylic acids is 1. The van der Waals surface area contributed by atoms with Crippen molar-refractivity contribution in [1.82, 2.24) is 25.4 Å². The summed E-state index contributed by atoms with van der Waals surface area (Å²) in [7, 11) is 0. The Labute approximate surface area is 146 Å². The Balaban J connectivity index is 1.82. The molecule has 0 radical (unpaired) electrons. The van der Waals surface area contributed by atoms with Crippen molar-refractivity contribution in [3.05, 3.63) is 53.4 Å². The van der Waals surface area contributed by atoms with Gasteiger partial charge in [0.1, 0.15) is 17.3 Å². The van der Waals surface area contributed by atoms with Crippen molar-refractivity contribution in [2.75, 3.05) is 19.6 Å². The zero-order valence-electron chi connectivity index (χ0n) is 14.4. The third kappa shape index (κ3) is 3.93. The lowest BCUT2D eigenvalue weighted by atomic mass is 10.1. The van der Waals surface area contributed by atoms with E-state index in [1.807, 2.05) is 13.8 Å². The number of halogens is 1. The van der Waals surface area contributed by atoms with E-state index in [4.69, 9.17) is 0 Å². The van der Waals surface area contributed by atoms with Gasteiger partial charge >= 0.3 is 0 Å². The minimum atomic E-state index is -0.402. The lowest BCUT2D eigenvalue weighted by molar-refractivity contribution is 0.0946. The summed E-state index contributed by atoms with van der Waals surface area (Å²) in [6.45, 7) is 6.08. The van der Waals surface area contributed by atoms with Gasteiger partial charge in [-0.25, -0.2) is 14.1 Å². The first-order valence-electron chi connectivity index (χ1n) is 8.45. The van der Waals surface area contributed by atoms with Gasteiger partial charge in [0.05, 0.1) is 0 Å². The number of para-hydroxylation sites is 1. The van der Waals surface area contributed by atoms with Crippen LogP contribution in [-0.4, -0.2) is 40.3 Å². The Bertz CT molecular complexity index is 797. The lowest BCUT2D eigenvalue weighted by Gasteiger charge is -2.13. The average Bonchev–Trinajstić information content (AvgIpc) is 3.06. The van der Waals surface area contributed by atoms with Crippen LogP contribution in [0.15, 0.2) is 35.9 Å². The average molecular weight is 343 g/mol. The van der Waals surface area contributed by atoms with Crippen LogP contribution in [-0.2, 0) is 0 Å². The van der Waals surface area contributed by atoms with Gasteiger partial charge in [0.2, 0.25) is 5.82 Å². The van der Waals surface area contributed by atoms with Crippen molar-refractivity contribution >= 4 is 5.91 Å². The van der Waals surface area contributed by atoms with Crippen LogP contribution in [0.4, 0.5) is 4.39 Å². The molecule has 25 heavy (non-hydrogen) atoms. The third-order valence-electron chi connectivity index (χ3n) is 4.07. The summed E-state index contributed by atoms with van der Waals surface area (Å²) in [5, 5.41) is 10.3. The minimum absolute atomic E-state index is 0.000725. The molecular formula is C18H22FN5O. The summed E-state index contributed by atoms with van der Waals surface area (Å²) < 4.78 is 15.5. The lowest BCUT2D eigenvalue weighted by Crippen LogP contribution is -2.30. The van der Waals surface area contributed by atoms with Crippen LogP contribution in [0.2, 0.25) is 0 Å². The highest BCUT2D eigenvalue weighted by Crippen LogP contribution is 2.19. The maximum atomic E-state index is 14.1. The molecule has 6 nitrogen and oxygen atoms in total. The number of carbonyl (C=O) groups is 1. The number of nitrogens with zero attached hydrogens (tertiary/aromatic N) is 3. The van der Waals surface area contributed by atoms with Gasteiger partial charge in [0, 0.05) is 19.0 Å². The third-order valence-corrected chi connectivity index (χ3v) is 4.07. The normalized spacial score (nSPS) is 14.5. The van der Waals surface area contributed by atoms with E-state index < -0.39 is 5.82 Å². The van der Waals surface area contributed by atoms with Crippen LogP contribution in [0.5, 0.6) is 0 Å². The van der Waals surface area contributed by atoms with Crippen molar-refractivity contribution in [3.8, 4) is 5.69 Å². The van der Waals surface area contributed by atoms with E-state index >= 15 is 0 Å². The topological polar surface area (TPSA) is 71.8 Å². The van der Waals surface area contributed by atoms with Crippen LogP contribution in [0.3, 0.4) is 0 Å². The highest BCUT2D eigenvalue weighted by atomic mass is 19.1. The van der Waals surface area contributed by atoms with Crippen molar-refractivity contribution in [2.24, 2.45) is 0 Å². The van der Waals surface area contributed by atoms with Crippen LogP contribution in [0.1, 0.15) is 42.6 Å².